The van der Waals surface area contributed by atoms with Gasteiger partial charge in [0, 0.05) is 5.56 Å². The number of ketones is 1. The lowest BCUT2D eigenvalue weighted by Gasteiger charge is -2.23. The molecule has 1 fully saturated rings. The highest BCUT2D eigenvalue weighted by atomic mass is 32.1. The van der Waals surface area contributed by atoms with Crippen LogP contribution >= 0.6 is 11.3 Å². The van der Waals surface area contributed by atoms with Gasteiger partial charge in [-0.1, -0.05) is 54.3 Å². The maximum Gasteiger partial charge on any atom is 0.350 e. The lowest BCUT2D eigenvalue weighted by atomic mass is 9.94. The number of aliphatic hydroxyl groups is 1. The second-order valence-corrected chi connectivity index (χ2v) is 9.04. The fourth-order valence-electron chi connectivity index (χ4n) is 4.03. The summed E-state index contributed by atoms with van der Waals surface area (Å²) in [5.74, 6) is -2.00. The summed E-state index contributed by atoms with van der Waals surface area (Å²) in [5, 5.41) is 11.5. The number of esters is 1. The van der Waals surface area contributed by atoms with Gasteiger partial charge in [0.05, 0.1) is 24.4 Å². The van der Waals surface area contributed by atoms with E-state index in [4.69, 9.17) is 9.47 Å². The largest absolute Gasteiger partial charge is 0.507 e. The number of aromatic nitrogens is 1. The van der Waals surface area contributed by atoms with Crippen molar-refractivity contribution in [3.05, 3.63) is 94.0 Å². The molecular formula is C27H24N2O6S. The van der Waals surface area contributed by atoms with Gasteiger partial charge in [0.15, 0.2) is 5.13 Å². The number of benzene rings is 2. The molecule has 1 aliphatic rings. The Bertz CT molecular complexity index is 1390. The third-order valence-corrected chi connectivity index (χ3v) is 6.89. The molecule has 0 aliphatic carbocycles. The predicted molar refractivity (Wildman–Crippen MR) is 136 cm³/mol. The number of hydrogen-bond donors (Lipinski definition) is 1. The Morgan fingerprint density at radius 3 is 2.56 bits per heavy atom. The molecule has 0 saturated carbocycles. The van der Waals surface area contributed by atoms with Gasteiger partial charge in [-0.2, -0.15) is 0 Å². The van der Waals surface area contributed by atoms with E-state index in [1.54, 1.807) is 56.3 Å². The Kier molecular flexibility index (Phi) is 7.03. The zero-order valence-corrected chi connectivity index (χ0v) is 20.8. The number of hydrogen-bond acceptors (Lipinski definition) is 8. The zero-order chi connectivity index (χ0) is 26.0. The molecule has 0 bridgehead atoms. The maximum absolute atomic E-state index is 13.3. The molecular weight excluding hydrogens is 480 g/mol. The molecule has 184 valence electrons. The Labute approximate surface area is 212 Å². The van der Waals surface area contributed by atoms with Gasteiger partial charge in [0.1, 0.15) is 23.0 Å². The Balaban J connectivity index is 1.88. The van der Waals surface area contributed by atoms with E-state index in [9.17, 15) is 19.5 Å². The van der Waals surface area contributed by atoms with Gasteiger partial charge in [-0.25, -0.2) is 9.78 Å². The molecule has 3 aromatic rings. The number of nitrogens with zero attached hydrogens (tertiary/aromatic N) is 2. The van der Waals surface area contributed by atoms with Crippen molar-refractivity contribution in [2.75, 3.05) is 18.6 Å². The molecule has 1 atom stereocenters. The SMILES string of the molecule is C=CCOC(=O)c1sc(N2C(=O)C(=O)/C(=C(/O)c3ccc(OC)cc3C)[C@H]2c2ccccc2)nc1C. The summed E-state index contributed by atoms with van der Waals surface area (Å²) in [7, 11) is 1.53. The van der Waals surface area contributed by atoms with Gasteiger partial charge in [-0.05, 0) is 43.2 Å². The van der Waals surface area contributed by atoms with E-state index in [-0.39, 0.29) is 27.9 Å². The van der Waals surface area contributed by atoms with Crippen LogP contribution in [0.1, 0.15) is 38.1 Å². The first-order valence-corrected chi connectivity index (χ1v) is 11.9. The molecule has 1 aromatic heterocycles. The minimum Gasteiger partial charge on any atom is -0.507 e. The summed E-state index contributed by atoms with van der Waals surface area (Å²) >= 11 is 0.949. The van der Waals surface area contributed by atoms with Crippen molar-refractivity contribution in [3.8, 4) is 5.75 Å². The van der Waals surface area contributed by atoms with Crippen LogP contribution in [0.4, 0.5) is 5.13 Å². The minimum atomic E-state index is -0.949. The molecule has 9 heteroatoms. The van der Waals surface area contributed by atoms with E-state index in [1.165, 1.54) is 18.1 Å². The number of rotatable bonds is 7. The normalized spacial score (nSPS) is 16.8. The quantitative estimate of drug-likeness (QED) is 0.163. The first kappa shape index (κ1) is 24.9. The van der Waals surface area contributed by atoms with Gasteiger partial charge >= 0.3 is 11.9 Å². The summed E-state index contributed by atoms with van der Waals surface area (Å²) in [6, 6.07) is 13.0. The van der Waals surface area contributed by atoms with Crippen LogP contribution in [-0.4, -0.2) is 41.5 Å². The van der Waals surface area contributed by atoms with Crippen molar-refractivity contribution in [2.45, 2.75) is 19.9 Å². The lowest BCUT2D eigenvalue weighted by molar-refractivity contribution is -0.132. The maximum atomic E-state index is 13.3. The first-order valence-electron chi connectivity index (χ1n) is 11.0. The molecule has 2 heterocycles. The van der Waals surface area contributed by atoms with E-state index in [0.717, 1.165) is 11.3 Å². The van der Waals surface area contributed by atoms with Crippen molar-refractivity contribution >= 4 is 39.9 Å². The highest BCUT2D eigenvalue weighted by Gasteiger charge is 2.48. The Morgan fingerprint density at radius 1 is 1.19 bits per heavy atom. The molecule has 1 N–H and O–H groups in total. The number of carbonyl (C=O) groups is 3. The summed E-state index contributed by atoms with van der Waals surface area (Å²) in [5.41, 5.74) is 1.97. The van der Waals surface area contributed by atoms with Gasteiger partial charge < -0.3 is 14.6 Å². The topological polar surface area (TPSA) is 106 Å². The number of anilines is 1. The third kappa shape index (κ3) is 4.40. The smallest absolute Gasteiger partial charge is 0.350 e. The Hall–Kier alpha value is -4.24. The molecule has 36 heavy (non-hydrogen) atoms. The van der Waals surface area contributed by atoms with Crippen LogP contribution in [0.25, 0.3) is 5.76 Å². The number of methoxy groups -OCH3 is 1. The molecule has 0 spiro atoms. The van der Waals surface area contributed by atoms with Crippen LogP contribution in [0, 0.1) is 13.8 Å². The molecule has 2 aromatic carbocycles. The zero-order valence-electron chi connectivity index (χ0n) is 20.0. The van der Waals surface area contributed by atoms with Crippen molar-refractivity contribution in [1.29, 1.82) is 0 Å². The molecule has 0 radical (unpaired) electrons. The molecule has 4 rings (SSSR count). The van der Waals surface area contributed by atoms with E-state index >= 15 is 0 Å². The number of Topliss-reactive ketones (excluding diaryl/α,β-unsaturated/α-hetero) is 1. The first-order chi connectivity index (χ1) is 17.3. The average Bonchev–Trinajstić information content (AvgIpc) is 3.39. The van der Waals surface area contributed by atoms with Crippen molar-refractivity contribution in [1.82, 2.24) is 4.98 Å². The van der Waals surface area contributed by atoms with Crippen LogP contribution in [0.15, 0.2) is 66.8 Å². The molecule has 1 amide bonds. The summed E-state index contributed by atoms with van der Waals surface area (Å²) in [6.07, 6.45) is 1.45. The standard InChI is InChI=1S/C27H24N2O6S/c1-5-13-35-26(33)24-16(3)28-27(36-24)29-21(17-9-7-6-8-10-17)20(23(31)25(29)32)22(30)19-12-11-18(34-4)14-15(19)2/h5-12,14,21,30H,1,13H2,2-4H3/b22-20+/t21-/m1/s1. The number of ether oxygens (including phenoxy) is 2. The second kappa shape index (κ2) is 10.2. The highest BCUT2D eigenvalue weighted by molar-refractivity contribution is 7.17. The van der Waals surface area contributed by atoms with Crippen LogP contribution in [-0.2, 0) is 14.3 Å². The minimum absolute atomic E-state index is 0.0290. The van der Waals surface area contributed by atoms with Gasteiger partial charge in [0.25, 0.3) is 5.78 Å². The average molecular weight is 505 g/mol. The third-order valence-electron chi connectivity index (χ3n) is 5.76. The van der Waals surface area contributed by atoms with Crippen LogP contribution in [0.5, 0.6) is 5.75 Å². The van der Waals surface area contributed by atoms with Crippen molar-refractivity contribution < 1.29 is 29.0 Å². The van der Waals surface area contributed by atoms with Gasteiger partial charge in [-0.15, -0.1) is 0 Å². The molecule has 1 aliphatic heterocycles. The van der Waals surface area contributed by atoms with Gasteiger partial charge in [0.2, 0.25) is 0 Å². The lowest BCUT2D eigenvalue weighted by Crippen LogP contribution is -2.29. The number of thiazole rings is 1. The fraction of sp³-hybridized carbons (Fsp3) is 0.185. The number of aliphatic hydroxyl groups excluding tert-OH is 1. The van der Waals surface area contributed by atoms with E-state index in [0.29, 0.717) is 28.1 Å². The molecule has 1 saturated heterocycles. The molecule has 0 unspecified atom stereocenters. The number of aryl methyl sites for hydroxylation is 2. The monoisotopic (exact) mass is 504 g/mol. The van der Waals surface area contributed by atoms with Crippen LogP contribution in [0.3, 0.4) is 0 Å². The summed E-state index contributed by atoms with van der Waals surface area (Å²) in [4.78, 5) is 45.0. The summed E-state index contributed by atoms with van der Waals surface area (Å²) < 4.78 is 10.4. The highest BCUT2D eigenvalue weighted by Crippen LogP contribution is 2.44. The fourth-order valence-corrected chi connectivity index (χ4v) is 5.02. The van der Waals surface area contributed by atoms with Crippen LogP contribution in [0.2, 0.25) is 0 Å². The number of amides is 1. The van der Waals surface area contributed by atoms with E-state index in [2.05, 4.69) is 11.6 Å². The second-order valence-electron chi connectivity index (χ2n) is 8.06. The Morgan fingerprint density at radius 2 is 1.92 bits per heavy atom. The van der Waals surface area contributed by atoms with Crippen LogP contribution < -0.4 is 9.64 Å². The van der Waals surface area contributed by atoms with Gasteiger partial charge in [-0.3, -0.25) is 14.5 Å². The molecule has 8 nitrogen and oxygen atoms in total. The van der Waals surface area contributed by atoms with Crippen molar-refractivity contribution in [2.24, 2.45) is 0 Å². The van der Waals surface area contributed by atoms with E-state index < -0.39 is 23.7 Å². The summed E-state index contributed by atoms with van der Waals surface area (Å²) in [6.45, 7) is 6.96. The van der Waals surface area contributed by atoms with Crippen molar-refractivity contribution in [3.63, 3.8) is 0 Å². The predicted octanol–water partition coefficient (Wildman–Crippen LogP) is 4.74. The number of carbonyl (C=O) groups excluding carboxylic acids is 3. The van der Waals surface area contributed by atoms with E-state index in [1.807, 2.05) is 6.07 Å².